The molecule has 4 heteroatoms. The van der Waals surface area contributed by atoms with Gasteiger partial charge in [0.15, 0.2) is 0 Å². The predicted octanol–water partition coefficient (Wildman–Crippen LogP) is 3.40. The minimum atomic E-state index is -2.60. The Morgan fingerprint density at radius 3 is 2.41 bits per heavy atom. The number of benzene rings is 2. The molecule has 0 aliphatic carbocycles. The third kappa shape index (κ3) is 2.25. The van der Waals surface area contributed by atoms with Crippen LogP contribution in [0.1, 0.15) is 17.6 Å². The quantitative estimate of drug-likeness (QED) is 0.886. The fourth-order valence-corrected chi connectivity index (χ4v) is 1.94. The lowest BCUT2D eigenvalue weighted by molar-refractivity contribution is -0.136. The van der Waals surface area contributed by atoms with Crippen molar-refractivity contribution in [2.24, 2.45) is 0 Å². The average molecular weight is 236 g/mol. The van der Waals surface area contributed by atoms with Gasteiger partial charge in [-0.15, -0.1) is 0 Å². The first kappa shape index (κ1) is 11.5. The third-order valence-electron chi connectivity index (χ3n) is 2.60. The Bertz CT molecular complexity index is 559. The van der Waals surface area contributed by atoms with E-state index in [4.69, 9.17) is 5.11 Å². The Morgan fingerprint density at radius 2 is 1.82 bits per heavy atom. The van der Waals surface area contributed by atoms with E-state index in [0.29, 0.717) is 16.3 Å². The maximum Gasteiger partial charge on any atom is 0.307 e. The van der Waals surface area contributed by atoms with Crippen LogP contribution in [-0.2, 0) is 11.2 Å². The topological polar surface area (TPSA) is 37.3 Å². The zero-order chi connectivity index (χ0) is 12.4. The first-order valence-corrected chi connectivity index (χ1v) is 5.10. The third-order valence-corrected chi connectivity index (χ3v) is 2.60. The number of aliphatic carboxylic acids is 1. The number of fused-ring (bicyclic) bond motifs is 1. The monoisotopic (exact) mass is 236 g/mol. The van der Waals surface area contributed by atoms with Gasteiger partial charge in [0, 0.05) is 5.56 Å². The number of rotatable bonds is 3. The van der Waals surface area contributed by atoms with Gasteiger partial charge in [0.1, 0.15) is 0 Å². The van der Waals surface area contributed by atoms with E-state index in [2.05, 4.69) is 0 Å². The van der Waals surface area contributed by atoms with Crippen LogP contribution in [0.15, 0.2) is 36.4 Å². The van der Waals surface area contributed by atoms with E-state index < -0.39 is 12.4 Å². The molecule has 0 aliphatic heterocycles. The van der Waals surface area contributed by atoms with E-state index in [1.807, 2.05) is 0 Å². The van der Waals surface area contributed by atoms with E-state index in [1.165, 1.54) is 6.07 Å². The standard InChI is InChI=1S/C13H10F2O2/c14-13(15)10-6-2-4-8-3-1-5-9(12(8)10)7-11(16)17/h1-6,13H,7H2,(H,16,17). The van der Waals surface area contributed by atoms with Gasteiger partial charge in [-0.3, -0.25) is 4.79 Å². The van der Waals surface area contributed by atoms with Gasteiger partial charge in [-0.2, -0.15) is 0 Å². The number of alkyl halides is 2. The van der Waals surface area contributed by atoms with E-state index in [0.717, 1.165) is 0 Å². The molecule has 0 spiro atoms. The van der Waals surface area contributed by atoms with Crippen LogP contribution >= 0.6 is 0 Å². The van der Waals surface area contributed by atoms with Crippen molar-refractivity contribution in [3.8, 4) is 0 Å². The maximum absolute atomic E-state index is 12.9. The molecule has 0 atom stereocenters. The number of carboxylic acid groups (broad SMARTS) is 1. The molecular formula is C13H10F2O2. The summed E-state index contributed by atoms with van der Waals surface area (Å²) in [6.07, 6.45) is -2.85. The fourth-order valence-electron chi connectivity index (χ4n) is 1.94. The van der Waals surface area contributed by atoms with E-state index >= 15 is 0 Å². The van der Waals surface area contributed by atoms with Crippen LogP contribution in [0.2, 0.25) is 0 Å². The van der Waals surface area contributed by atoms with E-state index in [-0.39, 0.29) is 12.0 Å². The SMILES string of the molecule is O=C(O)Cc1cccc2cccc(C(F)F)c12. The molecule has 0 saturated carbocycles. The van der Waals surface area contributed by atoms with Gasteiger partial charge in [-0.1, -0.05) is 36.4 Å². The van der Waals surface area contributed by atoms with Crippen molar-refractivity contribution in [3.05, 3.63) is 47.5 Å². The summed E-state index contributed by atoms with van der Waals surface area (Å²) in [5.74, 6) is -1.03. The highest BCUT2D eigenvalue weighted by Crippen LogP contribution is 2.30. The van der Waals surface area contributed by atoms with Gasteiger partial charge in [-0.05, 0) is 16.3 Å². The normalized spacial score (nSPS) is 11.0. The molecular weight excluding hydrogens is 226 g/mol. The second-order valence-electron chi connectivity index (χ2n) is 3.73. The molecule has 0 aromatic heterocycles. The summed E-state index contributed by atoms with van der Waals surface area (Å²) in [6.45, 7) is 0. The van der Waals surface area contributed by atoms with E-state index in [1.54, 1.807) is 30.3 Å². The highest BCUT2D eigenvalue weighted by Gasteiger charge is 2.15. The first-order valence-electron chi connectivity index (χ1n) is 5.10. The van der Waals surface area contributed by atoms with E-state index in [9.17, 15) is 13.6 Å². The Labute approximate surface area is 96.5 Å². The molecule has 0 saturated heterocycles. The second kappa shape index (κ2) is 4.49. The van der Waals surface area contributed by atoms with Crippen molar-refractivity contribution in [1.82, 2.24) is 0 Å². The molecule has 1 N–H and O–H groups in total. The van der Waals surface area contributed by atoms with Gasteiger partial charge < -0.3 is 5.11 Å². The summed E-state index contributed by atoms with van der Waals surface area (Å²) in [6, 6.07) is 9.53. The minimum Gasteiger partial charge on any atom is -0.481 e. The van der Waals surface area contributed by atoms with Gasteiger partial charge in [-0.25, -0.2) is 8.78 Å². The summed E-state index contributed by atoms with van der Waals surface area (Å²) < 4.78 is 25.7. The van der Waals surface area contributed by atoms with Crippen molar-refractivity contribution in [2.45, 2.75) is 12.8 Å². The molecule has 2 nitrogen and oxygen atoms in total. The summed E-state index contributed by atoms with van der Waals surface area (Å²) in [5, 5.41) is 9.76. The van der Waals surface area contributed by atoms with Crippen molar-refractivity contribution in [1.29, 1.82) is 0 Å². The maximum atomic E-state index is 12.9. The van der Waals surface area contributed by atoms with Crippen molar-refractivity contribution in [2.75, 3.05) is 0 Å². The summed E-state index contributed by atoms with van der Waals surface area (Å²) >= 11 is 0. The molecule has 2 aromatic rings. The molecule has 0 heterocycles. The lowest BCUT2D eigenvalue weighted by Crippen LogP contribution is -2.02. The number of carboxylic acids is 1. The second-order valence-corrected chi connectivity index (χ2v) is 3.73. The molecule has 17 heavy (non-hydrogen) atoms. The molecule has 2 aromatic carbocycles. The first-order chi connectivity index (χ1) is 8.09. The summed E-state index contributed by atoms with van der Waals surface area (Å²) in [5.41, 5.74) is 0.310. The fraction of sp³-hybridized carbons (Fsp3) is 0.154. The summed E-state index contributed by atoms with van der Waals surface area (Å²) in [4.78, 5) is 10.7. The van der Waals surface area contributed by atoms with Gasteiger partial charge in [0.2, 0.25) is 0 Å². The summed E-state index contributed by atoms with van der Waals surface area (Å²) in [7, 11) is 0. The Kier molecular flexibility index (Phi) is 3.04. The number of carbonyl (C=O) groups is 1. The molecule has 0 bridgehead atoms. The van der Waals surface area contributed by atoms with Crippen molar-refractivity contribution < 1.29 is 18.7 Å². The molecule has 2 rings (SSSR count). The zero-order valence-electron chi connectivity index (χ0n) is 8.86. The Balaban J connectivity index is 2.71. The number of hydrogen-bond donors (Lipinski definition) is 1. The largest absolute Gasteiger partial charge is 0.481 e. The number of hydrogen-bond acceptors (Lipinski definition) is 1. The molecule has 0 radical (unpaired) electrons. The van der Waals surface area contributed by atoms with Gasteiger partial charge >= 0.3 is 5.97 Å². The van der Waals surface area contributed by atoms with Gasteiger partial charge in [0.05, 0.1) is 6.42 Å². The van der Waals surface area contributed by atoms with Gasteiger partial charge in [0.25, 0.3) is 6.43 Å². The Morgan fingerprint density at radius 1 is 1.18 bits per heavy atom. The highest BCUT2D eigenvalue weighted by molar-refractivity contribution is 5.91. The molecule has 0 fully saturated rings. The van der Waals surface area contributed by atoms with Crippen molar-refractivity contribution >= 4 is 16.7 Å². The zero-order valence-corrected chi connectivity index (χ0v) is 8.86. The smallest absolute Gasteiger partial charge is 0.307 e. The molecule has 0 aliphatic rings. The van der Waals surface area contributed by atoms with Crippen LogP contribution in [0.5, 0.6) is 0 Å². The Hall–Kier alpha value is -1.97. The predicted molar refractivity (Wildman–Crippen MR) is 60.2 cm³/mol. The minimum absolute atomic E-state index is 0.112. The average Bonchev–Trinajstić information content (AvgIpc) is 2.27. The highest BCUT2D eigenvalue weighted by atomic mass is 19.3. The molecule has 88 valence electrons. The van der Waals surface area contributed by atoms with Crippen LogP contribution in [-0.4, -0.2) is 11.1 Å². The lowest BCUT2D eigenvalue weighted by atomic mass is 9.97. The van der Waals surface area contributed by atoms with Crippen LogP contribution in [0.25, 0.3) is 10.8 Å². The molecule has 0 unspecified atom stereocenters. The lowest BCUT2D eigenvalue weighted by Gasteiger charge is -2.09. The van der Waals surface area contributed by atoms with Crippen molar-refractivity contribution in [3.63, 3.8) is 0 Å². The van der Waals surface area contributed by atoms with Crippen LogP contribution in [0.3, 0.4) is 0 Å². The van der Waals surface area contributed by atoms with Crippen LogP contribution in [0.4, 0.5) is 8.78 Å². The molecule has 0 amide bonds. The van der Waals surface area contributed by atoms with Crippen LogP contribution in [0, 0.1) is 0 Å². The van der Waals surface area contributed by atoms with Crippen LogP contribution < -0.4 is 0 Å². The number of halogens is 2.